The van der Waals surface area contributed by atoms with E-state index in [4.69, 9.17) is 9.47 Å². The summed E-state index contributed by atoms with van der Waals surface area (Å²) < 4.78 is 46.8. The number of hydrogen-bond acceptors (Lipinski definition) is 6. The minimum Gasteiger partial charge on any atom is -0.428 e. The number of benzene rings is 1. The maximum atomic E-state index is 12.3. The Bertz CT molecular complexity index is 708. The van der Waals surface area contributed by atoms with Gasteiger partial charge in [-0.25, -0.2) is 4.79 Å². The van der Waals surface area contributed by atoms with E-state index in [1.54, 1.807) is 20.8 Å². The van der Waals surface area contributed by atoms with Crippen molar-refractivity contribution >= 4 is 29.4 Å². The third kappa shape index (κ3) is 4.92. The number of carbonyl (C=O) groups excluding carboxylic acids is 2. The van der Waals surface area contributed by atoms with Gasteiger partial charge in [0.15, 0.2) is 0 Å². The number of ketones is 1. The fraction of sp³-hybridized carbons (Fsp3) is 0.333. The minimum atomic E-state index is -4.92. The zero-order chi connectivity index (χ0) is 18.1. The Labute approximate surface area is 140 Å². The number of ether oxygens (including phenoxy) is 2. The molecule has 1 aliphatic heterocycles. The highest BCUT2D eigenvalue weighted by Crippen LogP contribution is 2.43. The van der Waals surface area contributed by atoms with Crippen LogP contribution in [0.15, 0.2) is 34.2 Å². The van der Waals surface area contributed by atoms with E-state index in [2.05, 4.69) is 5.32 Å². The molecule has 0 unspecified atom stereocenters. The molecule has 0 aromatic heterocycles. The minimum absolute atomic E-state index is 0.0433. The summed E-state index contributed by atoms with van der Waals surface area (Å²) in [7, 11) is 0. The Morgan fingerprint density at radius 3 is 2.46 bits per heavy atom. The predicted octanol–water partition coefficient (Wildman–Crippen LogP) is 4.49. The molecule has 0 saturated heterocycles. The van der Waals surface area contributed by atoms with E-state index in [1.165, 1.54) is 18.2 Å². The normalized spacial score (nSPS) is 15.7. The molecular formula is C15H14F3NO4S. The second kappa shape index (κ2) is 6.39. The lowest BCUT2D eigenvalue weighted by molar-refractivity contribution is -0.165. The molecule has 1 heterocycles. The van der Waals surface area contributed by atoms with Gasteiger partial charge in [-0.05, 0) is 39.0 Å². The smallest absolute Gasteiger partial charge is 0.428 e. The Morgan fingerprint density at radius 1 is 1.21 bits per heavy atom. The molecular weight excluding hydrogens is 347 g/mol. The van der Waals surface area contributed by atoms with E-state index in [0.29, 0.717) is 16.7 Å². The van der Waals surface area contributed by atoms with Gasteiger partial charge in [-0.3, -0.25) is 4.79 Å². The Kier molecular flexibility index (Phi) is 4.84. The van der Waals surface area contributed by atoms with Crippen LogP contribution in [0.2, 0.25) is 0 Å². The average Bonchev–Trinajstić information content (AvgIpc) is 2.76. The molecule has 24 heavy (non-hydrogen) atoms. The van der Waals surface area contributed by atoms with Crippen LogP contribution in [0, 0.1) is 0 Å². The van der Waals surface area contributed by atoms with Gasteiger partial charge in [0.05, 0.1) is 10.7 Å². The van der Waals surface area contributed by atoms with Crippen LogP contribution >= 0.6 is 11.8 Å². The van der Waals surface area contributed by atoms with Crippen LogP contribution in [0.5, 0.6) is 5.75 Å². The summed E-state index contributed by atoms with van der Waals surface area (Å²) in [4.78, 5) is 23.1. The molecule has 9 heteroatoms. The van der Waals surface area contributed by atoms with Crippen LogP contribution in [0.3, 0.4) is 0 Å². The van der Waals surface area contributed by atoms with Crippen LogP contribution in [0.4, 0.5) is 23.7 Å². The van der Waals surface area contributed by atoms with E-state index in [9.17, 15) is 22.8 Å². The highest BCUT2D eigenvalue weighted by atomic mass is 32.2. The van der Waals surface area contributed by atoms with Crippen LogP contribution in [0.1, 0.15) is 20.8 Å². The summed E-state index contributed by atoms with van der Waals surface area (Å²) >= 11 is 0.932. The van der Waals surface area contributed by atoms with Gasteiger partial charge in [0, 0.05) is 11.0 Å². The van der Waals surface area contributed by atoms with E-state index in [-0.39, 0.29) is 10.8 Å². The molecule has 0 saturated carbocycles. The zero-order valence-corrected chi connectivity index (χ0v) is 13.8. The molecule has 1 aromatic carbocycles. The third-order valence-corrected chi connectivity index (χ3v) is 3.56. The number of rotatable bonds is 2. The largest absolute Gasteiger partial charge is 0.514 e. The molecule has 0 bridgehead atoms. The summed E-state index contributed by atoms with van der Waals surface area (Å²) in [5.41, 5.74) is -0.199. The first-order valence-corrected chi connectivity index (χ1v) is 7.58. The second-order valence-electron chi connectivity index (χ2n) is 5.82. The van der Waals surface area contributed by atoms with Crippen molar-refractivity contribution in [3.8, 4) is 5.75 Å². The number of hydrogen-bond donors (Lipinski definition) is 1. The van der Waals surface area contributed by atoms with Gasteiger partial charge in [0.2, 0.25) is 0 Å². The van der Waals surface area contributed by atoms with Crippen molar-refractivity contribution in [1.29, 1.82) is 0 Å². The summed E-state index contributed by atoms with van der Waals surface area (Å²) in [6.45, 7) is 5.06. The maximum absolute atomic E-state index is 12.3. The van der Waals surface area contributed by atoms with Gasteiger partial charge >= 0.3 is 12.3 Å². The van der Waals surface area contributed by atoms with E-state index < -0.39 is 23.7 Å². The van der Waals surface area contributed by atoms with Crippen molar-refractivity contribution in [2.75, 3.05) is 5.32 Å². The van der Waals surface area contributed by atoms with Crippen LogP contribution < -0.4 is 10.1 Å². The molecule has 0 fully saturated rings. The van der Waals surface area contributed by atoms with E-state index in [0.717, 1.165) is 11.8 Å². The Balaban J connectivity index is 2.08. The fourth-order valence-electron chi connectivity index (χ4n) is 1.66. The molecule has 0 aliphatic carbocycles. The molecule has 0 amide bonds. The molecule has 1 aliphatic rings. The maximum Gasteiger partial charge on any atom is 0.514 e. The number of alkyl halides is 3. The monoisotopic (exact) mass is 361 g/mol. The van der Waals surface area contributed by atoms with E-state index >= 15 is 0 Å². The number of thioether (sulfide) groups is 1. The van der Waals surface area contributed by atoms with Gasteiger partial charge in [-0.1, -0.05) is 11.8 Å². The number of nitrogens with one attached hydrogen (secondary N) is 1. The quantitative estimate of drug-likeness (QED) is 0.476. The summed E-state index contributed by atoms with van der Waals surface area (Å²) in [5, 5.41) is 2.73. The molecule has 2 rings (SSSR count). The van der Waals surface area contributed by atoms with Gasteiger partial charge in [-0.15, -0.1) is 0 Å². The van der Waals surface area contributed by atoms with Gasteiger partial charge < -0.3 is 14.8 Å². The number of fused-ring (bicyclic) bond motifs is 1. The molecule has 0 radical (unpaired) electrons. The molecule has 1 aromatic rings. The number of allylic oxidation sites excluding steroid dienone is 1. The first-order chi connectivity index (χ1) is 10.9. The van der Waals surface area contributed by atoms with Crippen molar-refractivity contribution in [3.05, 3.63) is 29.3 Å². The fourth-order valence-corrected chi connectivity index (χ4v) is 2.63. The highest BCUT2D eigenvalue weighted by molar-refractivity contribution is 8.03. The lowest BCUT2D eigenvalue weighted by atomic mass is 10.2. The summed E-state index contributed by atoms with van der Waals surface area (Å²) in [6, 6.07) is 4.46. The van der Waals surface area contributed by atoms with Crippen molar-refractivity contribution in [2.45, 2.75) is 37.4 Å². The van der Waals surface area contributed by atoms with Crippen molar-refractivity contribution in [2.24, 2.45) is 0 Å². The standard InChI is InChI=1S/C15H14F3NO4S/c1-14(2,3)23-13(21)22-8-4-5-9-10(6-8)24-12(19-9)7-11(20)15(16,17)18/h4-7,19H,1-3H3. The van der Waals surface area contributed by atoms with Gasteiger partial charge in [0.1, 0.15) is 11.4 Å². The zero-order valence-electron chi connectivity index (χ0n) is 13.0. The number of anilines is 1. The molecule has 0 atom stereocenters. The summed E-state index contributed by atoms with van der Waals surface area (Å²) in [5.74, 6) is -1.77. The van der Waals surface area contributed by atoms with Crippen molar-refractivity contribution in [1.82, 2.24) is 0 Å². The Morgan fingerprint density at radius 2 is 1.88 bits per heavy atom. The number of halogens is 3. The highest BCUT2D eigenvalue weighted by Gasteiger charge is 2.37. The first kappa shape index (κ1) is 18.2. The number of carbonyl (C=O) groups is 2. The predicted molar refractivity (Wildman–Crippen MR) is 81.9 cm³/mol. The van der Waals surface area contributed by atoms with Crippen molar-refractivity contribution in [3.63, 3.8) is 0 Å². The average molecular weight is 361 g/mol. The lowest BCUT2D eigenvalue weighted by Gasteiger charge is -2.18. The van der Waals surface area contributed by atoms with Gasteiger partial charge in [0.25, 0.3) is 5.78 Å². The molecule has 0 spiro atoms. The summed E-state index contributed by atoms with van der Waals surface area (Å²) in [6.07, 6.45) is -5.32. The topological polar surface area (TPSA) is 64.6 Å². The second-order valence-corrected chi connectivity index (χ2v) is 6.91. The molecule has 1 N–H and O–H groups in total. The van der Waals surface area contributed by atoms with E-state index in [1.807, 2.05) is 0 Å². The third-order valence-electron chi connectivity index (χ3n) is 2.56. The molecule has 130 valence electrons. The Hall–Kier alpha value is -2.16. The van der Waals surface area contributed by atoms with Crippen LogP contribution in [0.25, 0.3) is 0 Å². The van der Waals surface area contributed by atoms with Crippen molar-refractivity contribution < 1.29 is 32.2 Å². The van der Waals surface area contributed by atoms with Crippen LogP contribution in [-0.4, -0.2) is 23.7 Å². The lowest BCUT2D eigenvalue weighted by Crippen LogP contribution is -2.25. The SMILES string of the molecule is CC(C)(C)OC(=O)Oc1ccc2c(c1)SC(=CC(=O)C(F)(F)F)N2. The van der Waals surface area contributed by atoms with Crippen LogP contribution in [-0.2, 0) is 9.53 Å². The van der Waals surface area contributed by atoms with Gasteiger partial charge in [-0.2, -0.15) is 13.2 Å². The first-order valence-electron chi connectivity index (χ1n) is 6.77. The molecule has 5 nitrogen and oxygen atoms in total.